The first-order valence-electron chi connectivity index (χ1n) is 5.94. The molecule has 3 atom stereocenters. The predicted octanol–water partition coefficient (Wildman–Crippen LogP) is 0.592. The van der Waals surface area contributed by atoms with Gasteiger partial charge in [-0.15, -0.1) is 0 Å². The van der Waals surface area contributed by atoms with Gasteiger partial charge < -0.3 is 18.8 Å². The zero-order valence-electron chi connectivity index (χ0n) is 10.8. The Balaban J connectivity index is 2.07. The van der Waals surface area contributed by atoms with Gasteiger partial charge in [0.15, 0.2) is 6.29 Å². The average Bonchev–Trinajstić information content (AvgIpc) is 2.40. The summed E-state index contributed by atoms with van der Waals surface area (Å²) in [6.45, 7) is 0.0158. The molecule has 112 valence electrons. The molecule has 20 heavy (non-hydrogen) atoms. The highest BCUT2D eigenvalue weighted by atomic mass is 32.3. The topological polar surface area (TPSA) is 94.1 Å². The molecule has 0 N–H and O–H groups in total. The van der Waals surface area contributed by atoms with Gasteiger partial charge in [0, 0.05) is 12.7 Å². The third-order valence-corrected chi connectivity index (χ3v) is 3.25. The van der Waals surface area contributed by atoms with Crippen molar-refractivity contribution in [3.05, 3.63) is 35.9 Å². The number of hydrogen-bond donors (Lipinski definition) is 0. The van der Waals surface area contributed by atoms with Crippen LogP contribution in [0.3, 0.4) is 0 Å². The fraction of sp³-hybridized carbons (Fsp3) is 0.500. The number of hydrogen-bond acceptors (Lipinski definition) is 7. The molecule has 0 saturated carbocycles. The first-order chi connectivity index (χ1) is 9.49. The third-order valence-electron chi connectivity index (χ3n) is 2.77. The van der Waals surface area contributed by atoms with Gasteiger partial charge in [0.2, 0.25) is 10.4 Å². The van der Waals surface area contributed by atoms with Crippen molar-refractivity contribution in [2.45, 2.75) is 18.5 Å². The third kappa shape index (κ3) is 4.23. The van der Waals surface area contributed by atoms with Crippen LogP contribution in [0.5, 0.6) is 0 Å². The quantitative estimate of drug-likeness (QED) is 0.580. The molecule has 0 amide bonds. The van der Waals surface area contributed by atoms with Gasteiger partial charge in [-0.05, 0) is 0 Å². The molecule has 0 aliphatic carbocycles. The molecular weight excluding hydrogens is 288 g/mol. The van der Waals surface area contributed by atoms with E-state index in [1.54, 1.807) is 0 Å². The SMILES string of the molecule is COC[C@@H]1OC(c2ccccc2)OC[C@H]1OS(=O)(=O)[O-]. The van der Waals surface area contributed by atoms with Crippen LogP contribution in [-0.2, 0) is 28.8 Å². The van der Waals surface area contributed by atoms with Crippen LogP contribution in [0, 0.1) is 0 Å². The van der Waals surface area contributed by atoms with E-state index < -0.39 is 28.9 Å². The van der Waals surface area contributed by atoms with Crippen molar-refractivity contribution in [2.75, 3.05) is 20.3 Å². The van der Waals surface area contributed by atoms with Gasteiger partial charge in [0.1, 0.15) is 12.2 Å². The molecule has 1 fully saturated rings. The Morgan fingerprint density at radius 2 is 2.05 bits per heavy atom. The molecule has 1 aromatic carbocycles. The van der Waals surface area contributed by atoms with E-state index in [0.29, 0.717) is 0 Å². The van der Waals surface area contributed by atoms with Crippen molar-refractivity contribution in [3.63, 3.8) is 0 Å². The summed E-state index contributed by atoms with van der Waals surface area (Å²) in [5.41, 5.74) is 0.789. The minimum Gasteiger partial charge on any atom is -0.726 e. The maximum atomic E-state index is 10.7. The van der Waals surface area contributed by atoms with Crippen LogP contribution in [0.4, 0.5) is 0 Å². The highest BCUT2D eigenvalue weighted by molar-refractivity contribution is 7.80. The van der Waals surface area contributed by atoms with Crippen LogP contribution in [-0.4, -0.2) is 45.5 Å². The van der Waals surface area contributed by atoms with Crippen LogP contribution < -0.4 is 0 Å². The van der Waals surface area contributed by atoms with E-state index in [1.807, 2.05) is 30.3 Å². The molecule has 1 saturated heterocycles. The average molecular weight is 303 g/mol. The number of methoxy groups -OCH3 is 1. The molecular formula is C12H15O7S-. The molecule has 2 rings (SSSR count). The minimum atomic E-state index is -4.82. The zero-order valence-corrected chi connectivity index (χ0v) is 11.6. The van der Waals surface area contributed by atoms with E-state index in [1.165, 1.54) is 7.11 Å². The van der Waals surface area contributed by atoms with E-state index in [0.717, 1.165) is 5.56 Å². The summed E-state index contributed by atoms with van der Waals surface area (Å²) in [7, 11) is -3.38. The Bertz CT molecular complexity index is 516. The summed E-state index contributed by atoms with van der Waals surface area (Å²) in [6.07, 6.45) is -2.37. The first kappa shape index (κ1) is 15.4. The summed E-state index contributed by atoms with van der Waals surface area (Å²) in [6, 6.07) is 9.16. The van der Waals surface area contributed by atoms with Crippen molar-refractivity contribution in [1.82, 2.24) is 0 Å². The van der Waals surface area contributed by atoms with Crippen LogP contribution in [0.15, 0.2) is 30.3 Å². The van der Waals surface area contributed by atoms with Crippen molar-refractivity contribution < 1.29 is 31.4 Å². The fourth-order valence-electron chi connectivity index (χ4n) is 1.91. The standard InChI is InChI=1S/C12H16O7S/c1-16-7-10-11(19-20(13,14)15)8-17-12(18-10)9-5-3-2-4-6-9/h2-6,10-12H,7-8H2,1H3,(H,13,14,15)/p-1/t10-,11+,12?/m0/s1. The number of rotatable bonds is 5. The molecule has 7 nitrogen and oxygen atoms in total. The minimum absolute atomic E-state index is 0.0743. The van der Waals surface area contributed by atoms with Crippen molar-refractivity contribution in [3.8, 4) is 0 Å². The lowest BCUT2D eigenvalue weighted by Gasteiger charge is -2.36. The largest absolute Gasteiger partial charge is 0.726 e. The second-order valence-corrected chi connectivity index (χ2v) is 5.26. The Morgan fingerprint density at radius 3 is 2.65 bits per heavy atom. The van der Waals surface area contributed by atoms with E-state index in [9.17, 15) is 13.0 Å². The van der Waals surface area contributed by atoms with E-state index in [-0.39, 0.29) is 13.2 Å². The molecule has 1 unspecified atom stereocenters. The van der Waals surface area contributed by atoms with E-state index in [2.05, 4.69) is 4.18 Å². The lowest BCUT2D eigenvalue weighted by Crippen LogP contribution is -2.45. The first-order valence-corrected chi connectivity index (χ1v) is 7.28. The molecule has 0 bridgehead atoms. The van der Waals surface area contributed by atoms with Gasteiger partial charge in [-0.25, -0.2) is 8.42 Å². The summed E-state index contributed by atoms with van der Waals surface area (Å²) in [5.74, 6) is 0. The van der Waals surface area contributed by atoms with Gasteiger partial charge in [-0.3, -0.25) is 4.18 Å². The van der Waals surface area contributed by atoms with Crippen LogP contribution >= 0.6 is 0 Å². The van der Waals surface area contributed by atoms with Crippen LogP contribution in [0.2, 0.25) is 0 Å². The van der Waals surface area contributed by atoms with E-state index >= 15 is 0 Å². The maximum Gasteiger partial charge on any atom is 0.218 e. The fourth-order valence-corrected chi connectivity index (χ4v) is 2.39. The Hall–Kier alpha value is -1.03. The lowest BCUT2D eigenvalue weighted by atomic mass is 10.1. The van der Waals surface area contributed by atoms with Gasteiger partial charge in [0.05, 0.1) is 13.2 Å². The van der Waals surface area contributed by atoms with Crippen molar-refractivity contribution in [1.29, 1.82) is 0 Å². The van der Waals surface area contributed by atoms with Gasteiger partial charge in [-0.2, -0.15) is 0 Å². The normalized spacial score (nSPS) is 27.4. The Labute approximate surface area is 117 Å². The molecule has 0 spiro atoms. The van der Waals surface area contributed by atoms with E-state index in [4.69, 9.17) is 14.2 Å². The van der Waals surface area contributed by atoms with Crippen molar-refractivity contribution >= 4 is 10.4 Å². The Morgan fingerprint density at radius 1 is 1.35 bits per heavy atom. The Kier molecular flexibility index (Phi) is 5.08. The van der Waals surface area contributed by atoms with Crippen molar-refractivity contribution in [2.24, 2.45) is 0 Å². The summed E-state index contributed by atoms with van der Waals surface area (Å²) in [5, 5.41) is 0. The molecule has 1 heterocycles. The molecule has 8 heteroatoms. The molecule has 0 radical (unpaired) electrons. The smallest absolute Gasteiger partial charge is 0.218 e. The second-order valence-electron chi connectivity index (χ2n) is 4.25. The monoisotopic (exact) mass is 303 g/mol. The molecule has 0 aromatic heterocycles. The van der Waals surface area contributed by atoms with Gasteiger partial charge in [-0.1, -0.05) is 30.3 Å². The molecule has 1 aliphatic rings. The molecule has 1 aliphatic heterocycles. The van der Waals surface area contributed by atoms with Crippen LogP contribution in [0.1, 0.15) is 11.9 Å². The highest BCUT2D eigenvalue weighted by Gasteiger charge is 2.34. The van der Waals surface area contributed by atoms with Crippen LogP contribution in [0.25, 0.3) is 0 Å². The summed E-state index contributed by atoms with van der Waals surface area (Å²) < 4.78 is 52.4. The van der Waals surface area contributed by atoms with Gasteiger partial charge in [0.25, 0.3) is 0 Å². The zero-order chi connectivity index (χ0) is 14.6. The second kappa shape index (κ2) is 6.61. The predicted molar refractivity (Wildman–Crippen MR) is 66.5 cm³/mol. The summed E-state index contributed by atoms with van der Waals surface area (Å²) >= 11 is 0. The number of ether oxygens (including phenoxy) is 3. The maximum absolute atomic E-state index is 10.7. The highest BCUT2D eigenvalue weighted by Crippen LogP contribution is 2.28. The number of benzene rings is 1. The molecule has 1 aromatic rings. The van der Waals surface area contributed by atoms with Gasteiger partial charge >= 0.3 is 0 Å². The summed E-state index contributed by atoms with van der Waals surface area (Å²) in [4.78, 5) is 0. The lowest BCUT2D eigenvalue weighted by molar-refractivity contribution is -0.259.